The Bertz CT molecular complexity index is 1040. The highest BCUT2D eigenvalue weighted by Gasteiger charge is 2.32. The molecule has 8 nitrogen and oxygen atoms in total. The zero-order valence-electron chi connectivity index (χ0n) is 18.4. The lowest BCUT2D eigenvalue weighted by Gasteiger charge is -2.17. The molecule has 0 aliphatic carbocycles. The molecule has 1 aliphatic rings. The molecule has 2 heterocycles. The zero-order valence-corrected chi connectivity index (χ0v) is 19.2. The van der Waals surface area contributed by atoms with Crippen LogP contribution in [0.15, 0.2) is 23.1 Å². The third kappa shape index (κ3) is 4.52. The van der Waals surface area contributed by atoms with Crippen LogP contribution in [-0.2, 0) is 21.4 Å². The molecule has 1 saturated heterocycles. The second-order valence-corrected chi connectivity index (χ2v) is 9.90. The van der Waals surface area contributed by atoms with Crippen LogP contribution in [0.25, 0.3) is 0 Å². The van der Waals surface area contributed by atoms with Gasteiger partial charge in [0.2, 0.25) is 15.9 Å². The highest BCUT2D eigenvalue weighted by atomic mass is 32.2. The van der Waals surface area contributed by atoms with E-state index in [1.54, 1.807) is 18.5 Å². The molecule has 1 aromatic carbocycles. The van der Waals surface area contributed by atoms with E-state index in [1.807, 2.05) is 44.1 Å². The van der Waals surface area contributed by atoms with Crippen molar-refractivity contribution in [3.63, 3.8) is 0 Å². The predicted octanol–water partition coefficient (Wildman–Crippen LogP) is 2.69. The first-order chi connectivity index (χ1) is 14.1. The molecular formula is C21H31N5O3S. The largest absolute Gasteiger partial charge is 0.377 e. The smallest absolute Gasteiger partial charge is 0.246 e. The number of carbonyl (C=O) groups excluding carboxylic acids is 1. The summed E-state index contributed by atoms with van der Waals surface area (Å²) in [5.41, 5.74) is 3.97. The molecule has 9 heteroatoms. The van der Waals surface area contributed by atoms with Gasteiger partial charge in [0.1, 0.15) is 4.90 Å². The summed E-state index contributed by atoms with van der Waals surface area (Å²) in [5, 5.41) is 7.32. The number of hydrogen-bond acceptors (Lipinski definition) is 5. The number of amides is 1. The number of sulfonamides is 1. The molecule has 2 aromatic rings. The zero-order chi connectivity index (χ0) is 22.1. The van der Waals surface area contributed by atoms with Gasteiger partial charge < -0.3 is 10.2 Å². The van der Waals surface area contributed by atoms with Crippen LogP contribution in [0.2, 0.25) is 0 Å². The first-order valence-corrected chi connectivity index (χ1v) is 11.7. The Labute approximate surface area is 178 Å². The fourth-order valence-electron chi connectivity index (χ4n) is 3.93. The number of anilines is 2. The Morgan fingerprint density at radius 3 is 2.47 bits per heavy atom. The van der Waals surface area contributed by atoms with E-state index in [1.165, 1.54) is 4.31 Å². The van der Waals surface area contributed by atoms with Crippen LogP contribution in [0.3, 0.4) is 0 Å². The van der Waals surface area contributed by atoms with Gasteiger partial charge in [-0.05, 0) is 51.3 Å². The highest BCUT2D eigenvalue weighted by molar-refractivity contribution is 7.89. The van der Waals surface area contributed by atoms with Crippen LogP contribution in [0, 0.1) is 20.8 Å². The minimum atomic E-state index is -3.54. The van der Waals surface area contributed by atoms with Gasteiger partial charge in [-0.3, -0.25) is 9.48 Å². The summed E-state index contributed by atoms with van der Waals surface area (Å²) in [6.07, 6.45) is 1.98. The number of benzene rings is 1. The van der Waals surface area contributed by atoms with Gasteiger partial charge >= 0.3 is 0 Å². The van der Waals surface area contributed by atoms with Gasteiger partial charge in [-0.2, -0.15) is 9.40 Å². The van der Waals surface area contributed by atoms with E-state index in [9.17, 15) is 13.2 Å². The van der Waals surface area contributed by atoms with Crippen molar-refractivity contribution in [2.45, 2.75) is 51.5 Å². The minimum Gasteiger partial charge on any atom is -0.377 e. The van der Waals surface area contributed by atoms with Crippen molar-refractivity contribution in [2.24, 2.45) is 0 Å². The molecule has 0 radical (unpaired) electrons. The average Bonchev–Trinajstić information content (AvgIpc) is 3.30. The summed E-state index contributed by atoms with van der Waals surface area (Å²) >= 11 is 0. The number of rotatable bonds is 7. The van der Waals surface area contributed by atoms with Gasteiger partial charge in [0.15, 0.2) is 0 Å². The lowest BCUT2D eigenvalue weighted by atomic mass is 10.1. The normalized spacial score (nSPS) is 14.8. The van der Waals surface area contributed by atoms with Crippen molar-refractivity contribution in [3.8, 4) is 0 Å². The van der Waals surface area contributed by atoms with Gasteiger partial charge in [-0.1, -0.05) is 6.07 Å². The van der Waals surface area contributed by atoms with Gasteiger partial charge in [0.05, 0.1) is 17.9 Å². The molecule has 1 aliphatic heterocycles. The fraction of sp³-hybridized carbons (Fsp3) is 0.524. The second-order valence-electron chi connectivity index (χ2n) is 8.03. The highest BCUT2D eigenvalue weighted by Crippen LogP contribution is 2.27. The summed E-state index contributed by atoms with van der Waals surface area (Å²) < 4.78 is 29.1. The number of carbonyl (C=O) groups is 1. The third-order valence-corrected chi connectivity index (χ3v) is 7.66. The molecule has 30 heavy (non-hydrogen) atoms. The Balaban J connectivity index is 1.69. The van der Waals surface area contributed by atoms with Crippen LogP contribution in [0.5, 0.6) is 0 Å². The Morgan fingerprint density at radius 2 is 1.83 bits per heavy atom. The average molecular weight is 434 g/mol. The fourth-order valence-corrected chi connectivity index (χ4v) is 5.82. The van der Waals surface area contributed by atoms with Crippen molar-refractivity contribution in [1.29, 1.82) is 0 Å². The number of nitrogens with one attached hydrogen (secondary N) is 1. The molecule has 3 rings (SSSR count). The Hall–Kier alpha value is -2.39. The van der Waals surface area contributed by atoms with Crippen molar-refractivity contribution in [2.75, 3.05) is 37.4 Å². The molecule has 1 amide bonds. The second kappa shape index (κ2) is 8.77. The molecule has 1 N–H and O–H groups in total. The summed E-state index contributed by atoms with van der Waals surface area (Å²) in [4.78, 5) is 14.7. The predicted molar refractivity (Wildman–Crippen MR) is 118 cm³/mol. The number of aryl methyl sites for hydroxylation is 3. The molecule has 0 spiro atoms. The van der Waals surface area contributed by atoms with Crippen LogP contribution in [0.4, 0.5) is 11.4 Å². The van der Waals surface area contributed by atoms with E-state index in [-0.39, 0.29) is 17.2 Å². The monoisotopic (exact) mass is 433 g/mol. The van der Waals surface area contributed by atoms with Crippen molar-refractivity contribution in [3.05, 3.63) is 35.2 Å². The lowest BCUT2D eigenvalue weighted by Crippen LogP contribution is -2.28. The van der Waals surface area contributed by atoms with Crippen LogP contribution >= 0.6 is 0 Å². The Kier molecular flexibility index (Phi) is 6.52. The summed E-state index contributed by atoms with van der Waals surface area (Å²) in [6, 6.07) is 5.79. The molecule has 0 atom stereocenters. The lowest BCUT2D eigenvalue weighted by molar-refractivity contribution is -0.116. The van der Waals surface area contributed by atoms with Crippen LogP contribution in [-0.4, -0.2) is 55.6 Å². The van der Waals surface area contributed by atoms with Gasteiger partial charge in [-0.25, -0.2) is 8.42 Å². The van der Waals surface area contributed by atoms with E-state index in [2.05, 4.69) is 10.4 Å². The molecule has 1 aromatic heterocycles. The van der Waals surface area contributed by atoms with E-state index < -0.39 is 10.0 Å². The standard InChI is InChI=1S/C21H31N5O3S/c1-15-8-9-18(14-19(15)24(4)5)22-20(27)10-13-26-17(3)21(16(2)23-26)30(28,29)25-11-6-7-12-25/h8-9,14H,6-7,10-13H2,1-5H3,(H,22,27). The maximum absolute atomic E-state index is 13.0. The van der Waals surface area contributed by atoms with Crippen molar-refractivity contribution in [1.82, 2.24) is 14.1 Å². The van der Waals surface area contributed by atoms with Gasteiger partial charge in [0, 0.05) is 45.0 Å². The molecule has 0 bridgehead atoms. The molecule has 0 saturated carbocycles. The molecule has 0 unspecified atom stereocenters. The number of nitrogens with zero attached hydrogens (tertiary/aromatic N) is 4. The van der Waals surface area contributed by atoms with E-state index in [4.69, 9.17) is 0 Å². The van der Waals surface area contributed by atoms with E-state index >= 15 is 0 Å². The van der Waals surface area contributed by atoms with Gasteiger partial charge in [-0.15, -0.1) is 0 Å². The molecular weight excluding hydrogens is 402 g/mol. The van der Waals surface area contributed by atoms with Crippen LogP contribution in [0.1, 0.15) is 36.2 Å². The van der Waals surface area contributed by atoms with Gasteiger partial charge in [0.25, 0.3) is 0 Å². The quantitative estimate of drug-likeness (QED) is 0.725. The molecule has 164 valence electrons. The Morgan fingerprint density at radius 1 is 1.17 bits per heavy atom. The number of aromatic nitrogens is 2. The summed E-state index contributed by atoms with van der Waals surface area (Å²) in [7, 11) is 0.387. The first-order valence-electron chi connectivity index (χ1n) is 10.2. The SMILES string of the molecule is Cc1ccc(NC(=O)CCn2nc(C)c(S(=O)(=O)N3CCCC3)c2C)cc1N(C)C. The maximum atomic E-state index is 13.0. The van der Waals surface area contributed by atoms with Crippen molar-refractivity contribution >= 4 is 27.3 Å². The number of hydrogen-bond donors (Lipinski definition) is 1. The summed E-state index contributed by atoms with van der Waals surface area (Å²) in [6.45, 7) is 6.92. The maximum Gasteiger partial charge on any atom is 0.246 e. The van der Waals surface area contributed by atoms with E-state index in [0.29, 0.717) is 31.0 Å². The topological polar surface area (TPSA) is 87.5 Å². The first kappa shape index (κ1) is 22.3. The minimum absolute atomic E-state index is 0.139. The van der Waals surface area contributed by atoms with Crippen molar-refractivity contribution < 1.29 is 13.2 Å². The molecule has 1 fully saturated rings. The summed E-state index contributed by atoms with van der Waals surface area (Å²) in [5.74, 6) is -0.139. The van der Waals surface area contributed by atoms with Crippen LogP contribution < -0.4 is 10.2 Å². The third-order valence-electron chi connectivity index (χ3n) is 5.50. The van der Waals surface area contributed by atoms with E-state index in [0.717, 1.165) is 29.8 Å².